The number of morpholine rings is 1. The molecule has 1 heterocycles. The Morgan fingerprint density at radius 1 is 1.47 bits per heavy atom. The predicted octanol–water partition coefficient (Wildman–Crippen LogP) is 2.71. The van der Waals surface area contributed by atoms with E-state index in [2.05, 4.69) is 13.8 Å². The fraction of sp³-hybridized carbons (Fsp3) is 0.533. The van der Waals surface area contributed by atoms with E-state index < -0.39 is 5.82 Å². The van der Waals surface area contributed by atoms with E-state index in [0.717, 1.165) is 6.42 Å². The minimum absolute atomic E-state index is 0.0425. The van der Waals surface area contributed by atoms with Crippen LogP contribution in [-0.4, -0.2) is 36.6 Å². The van der Waals surface area contributed by atoms with Gasteiger partial charge in [0.2, 0.25) is 0 Å². The maximum Gasteiger partial charge on any atom is 0.257 e. The van der Waals surface area contributed by atoms with Crippen molar-refractivity contribution in [2.75, 3.05) is 19.8 Å². The van der Waals surface area contributed by atoms with Gasteiger partial charge in [0.1, 0.15) is 5.82 Å². The third kappa shape index (κ3) is 3.32. The van der Waals surface area contributed by atoms with Crippen molar-refractivity contribution in [1.29, 1.82) is 0 Å². The molecule has 0 aliphatic carbocycles. The molecule has 0 spiro atoms. The Kier molecular flexibility index (Phi) is 4.53. The number of rotatable bonds is 3. The summed E-state index contributed by atoms with van der Waals surface area (Å²) in [6.45, 7) is 5.82. The van der Waals surface area contributed by atoms with Gasteiger partial charge in [-0.05, 0) is 24.5 Å². The molecule has 0 radical (unpaired) electrons. The van der Waals surface area contributed by atoms with Gasteiger partial charge in [-0.3, -0.25) is 4.79 Å². The van der Waals surface area contributed by atoms with Crippen LogP contribution in [0.3, 0.4) is 0 Å². The van der Waals surface area contributed by atoms with Crippen molar-refractivity contribution in [3.63, 3.8) is 0 Å². The molecule has 3 nitrogen and oxygen atoms in total. The SMILES string of the molecule is CC(C)C[C@H]1COCCN1C(=O)c1ccccc1F. The summed E-state index contributed by atoms with van der Waals surface area (Å²) in [5.74, 6) is -0.211. The minimum atomic E-state index is -0.456. The number of carbonyl (C=O) groups is 1. The number of ether oxygens (including phenoxy) is 1. The topological polar surface area (TPSA) is 29.5 Å². The van der Waals surface area contributed by atoms with E-state index >= 15 is 0 Å². The summed E-state index contributed by atoms with van der Waals surface area (Å²) < 4.78 is 19.1. The first-order valence-electron chi connectivity index (χ1n) is 6.73. The van der Waals surface area contributed by atoms with E-state index in [0.29, 0.717) is 25.7 Å². The lowest BCUT2D eigenvalue weighted by atomic mass is 10.0. The molecule has 1 aliphatic heterocycles. The average Bonchev–Trinajstić information content (AvgIpc) is 2.38. The Balaban J connectivity index is 2.18. The van der Waals surface area contributed by atoms with Gasteiger partial charge < -0.3 is 9.64 Å². The summed E-state index contributed by atoms with van der Waals surface area (Å²) in [6, 6.07) is 6.19. The van der Waals surface area contributed by atoms with Crippen molar-refractivity contribution in [1.82, 2.24) is 4.90 Å². The summed E-state index contributed by atoms with van der Waals surface area (Å²) in [4.78, 5) is 14.2. The van der Waals surface area contributed by atoms with Gasteiger partial charge in [0, 0.05) is 6.54 Å². The fourth-order valence-electron chi connectivity index (χ4n) is 2.45. The Morgan fingerprint density at radius 2 is 2.21 bits per heavy atom. The van der Waals surface area contributed by atoms with Gasteiger partial charge in [0.15, 0.2) is 0 Å². The van der Waals surface area contributed by atoms with E-state index in [-0.39, 0.29) is 17.5 Å². The van der Waals surface area contributed by atoms with E-state index in [1.165, 1.54) is 6.07 Å². The molecule has 1 atom stereocenters. The summed E-state index contributed by atoms with van der Waals surface area (Å²) in [5.41, 5.74) is 0.151. The highest BCUT2D eigenvalue weighted by atomic mass is 19.1. The second-order valence-corrected chi connectivity index (χ2v) is 5.34. The monoisotopic (exact) mass is 265 g/mol. The summed E-state index contributed by atoms with van der Waals surface area (Å²) in [6.07, 6.45) is 0.875. The standard InChI is InChI=1S/C15H20FNO2/c1-11(2)9-12-10-19-8-7-17(12)15(18)13-5-3-4-6-14(13)16/h3-6,11-12H,7-10H2,1-2H3/t12-/m0/s1. The normalized spacial score (nSPS) is 19.8. The van der Waals surface area contributed by atoms with Crippen molar-refractivity contribution >= 4 is 5.91 Å². The summed E-state index contributed by atoms with van der Waals surface area (Å²) in [5, 5.41) is 0. The predicted molar refractivity (Wildman–Crippen MR) is 71.5 cm³/mol. The van der Waals surface area contributed by atoms with E-state index in [9.17, 15) is 9.18 Å². The van der Waals surface area contributed by atoms with E-state index in [1.807, 2.05) is 0 Å². The number of hydrogen-bond donors (Lipinski definition) is 0. The van der Waals surface area contributed by atoms with Gasteiger partial charge >= 0.3 is 0 Å². The second kappa shape index (κ2) is 6.15. The van der Waals surface area contributed by atoms with Crippen molar-refractivity contribution < 1.29 is 13.9 Å². The van der Waals surface area contributed by atoms with Crippen LogP contribution in [0.15, 0.2) is 24.3 Å². The molecule has 0 saturated carbocycles. The van der Waals surface area contributed by atoms with Crippen LogP contribution in [0.5, 0.6) is 0 Å². The van der Waals surface area contributed by atoms with Gasteiger partial charge in [-0.25, -0.2) is 4.39 Å². The molecule has 1 aliphatic rings. The zero-order chi connectivity index (χ0) is 13.8. The smallest absolute Gasteiger partial charge is 0.257 e. The molecule has 0 unspecified atom stereocenters. The first-order chi connectivity index (χ1) is 9.09. The van der Waals surface area contributed by atoms with Gasteiger partial charge in [0.05, 0.1) is 24.8 Å². The van der Waals surface area contributed by atoms with Crippen molar-refractivity contribution in [3.8, 4) is 0 Å². The lowest BCUT2D eigenvalue weighted by Crippen LogP contribution is -2.49. The Hall–Kier alpha value is -1.42. The fourth-order valence-corrected chi connectivity index (χ4v) is 2.45. The molecule has 0 aromatic heterocycles. The number of nitrogens with zero attached hydrogens (tertiary/aromatic N) is 1. The third-order valence-corrected chi connectivity index (χ3v) is 3.34. The number of carbonyl (C=O) groups excluding carboxylic acids is 1. The average molecular weight is 265 g/mol. The van der Waals surface area contributed by atoms with Crippen LogP contribution in [0, 0.1) is 11.7 Å². The van der Waals surface area contributed by atoms with Crippen LogP contribution >= 0.6 is 0 Å². The van der Waals surface area contributed by atoms with Crippen LogP contribution in [0.25, 0.3) is 0 Å². The largest absolute Gasteiger partial charge is 0.377 e. The molecule has 104 valence electrons. The van der Waals surface area contributed by atoms with Crippen LogP contribution in [0.2, 0.25) is 0 Å². The summed E-state index contributed by atoms with van der Waals surface area (Å²) >= 11 is 0. The first kappa shape index (κ1) is 14.0. The Labute approximate surface area is 113 Å². The van der Waals surface area contributed by atoms with Crippen molar-refractivity contribution in [2.45, 2.75) is 26.3 Å². The molecule has 1 fully saturated rings. The second-order valence-electron chi connectivity index (χ2n) is 5.34. The zero-order valence-corrected chi connectivity index (χ0v) is 11.4. The Bertz CT molecular complexity index is 448. The van der Waals surface area contributed by atoms with Crippen molar-refractivity contribution in [3.05, 3.63) is 35.6 Å². The molecular weight excluding hydrogens is 245 g/mol. The maximum atomic E-state index is 13.7. The number of amides is 1. The van der Waals surface area contributed by atoms with Gasteiger partial charge in [0.25, 0.3) is 5.91 Å². The molecule has 19 heavy (non-hydrogen) atoms. The Morgan fingerprint density at radius 3 is 2.89 bits per heavy atom. The van der Waals surface area contributed by atoms with Crippen molar-refractivity contribution in [2.24, 2.45) is 5.92 Å². The van der Waals surface area contributed by atoms with Gasteiger partial charge in [-0.1, -0.05) is 26.0 Å². The molecule has 1 aromatic rings. The lowest BCUT2D eigenvalue weighted by Gasteiger charge is -2.36. The highest BCUT2D eigenvalue weighted by Gasteiger charge is 2.29. The van der Waals surface area contributed by atoms with Gasteiger partial charge in [-0.15, -0.1) is 0 Å². The summed E-state index contributed by atoms with van der Waals surface area (Å²) in [7, 11) is 0. The number of benzene rings is 1. The quantitative estimate of drug-likeness (QED) is 0.841. The first-order valence-corrected chi connectivity index (χ1v) is 6.73. The zero-order valence-electron chi connectivity index (χ0n) is 11.4. The molecular formula is C15H20FNO2. The highest BCUT2D eigenvalue weighted by molar-refractivity contribution is 5.94. The van der Waals surface area contributed by atoms with Gasteiger partial charge in [-0.2, -0.15) is 0 Å². The van der Waals surface area contributed by atoms with Crippen LogP contribution in [0.1, 0.15) is 30.6 Å². The number of halogens is 1. The lowest BCUT2D eigenvalue weighted by molar-refractivity contribution is -0.00768. The molecule has 1 amide bonds. The molecule has 1 aromatic carbocycles. The van der Waals surface area contributed by atoms with Crippen LogP contribution < -0.4 is 0 Å². The third-order valence-electron chi connectivity index (χ3n) is 3.34. The molecule has 1 saturated heterocycles. The molecule has 2 rings (SSSR count). The van der Waals surface area contributed by atoms with Crippen LogP contribution in [-0.2, 0) is 4.74 Å². The molecule has 4 heteroatoms. The van der Waals surface area contributed by atoms with Crippen LogP contribution in [0.4, 0.5) is 4.39 Å². The minimum Gasteiger partial charge on any atom is -0.377 e. The number of hydrogen-bond acceptors (Lipinski definition) is 2. The highest BCUT2D eigenvalue weighted by Crippen LogP contribution is 2.19. The van der Waals surface area contributed by atoms with E-state index in [4.69, 9.17) is 4.74 Å². The molecule has 0 N–H and O–H groups in total. The maximum absolute atomic E-state index is 13.7. The molecule has 0 bridgehead atoms. The van der Waals surface area contributed by atoms with E-state index in [1.54, 1.807) is 23.1 Å².